The van der Waals surface area contributed by atoms with Gasteiger partial charge in [-0.05, 0) is 18.1 Å². The molecule has 17 heavy (non-hydrogen) atoms. The van der Waals surface area contributed by atoms with Crippen molar-refractivity contribution in [3.05, 3.63) is 17.7 Å². The molecular formula is C12H14ClNO3. The lowest BCUT2D eigenvalue weighted by molar-refractivity contribution is -0.113. The van der Waals surface area contributed by atoms with Crippen molar-refractivity contribution < 1.29 is 14.3 Å². The van der Waals surface area contributed by atoms with Crippen LogP contribution in [0.3, 0.4) is 0 Å². The van der Waals surface area contributed by atoms with Crippen molar-refractivity contribution in [2.75, 3.05) is 24.4 Å². The van der Waals surface area contributed by atoms with Gasteiger partial charge in [-0.15, -0.1) is 11.6 Å². The Balaban J connectivity index is 2.33. The molecule has 0 bridgehead atoms. The van der Waals surface area contributed by atoms with Crippen LogP contribution >= 0.6 is 11.6 Å². The number of hydrogen-bond acceptors (Lipinski definition) is 3. The summed E-state index contributed by atoms with van der Waals surface area (Å²) in [7, 11) is 0. The monoisotopic (exact) mass is 255 g/mol. The fourth-order valence-corrected chi connectivity index (χ4v) is 1.79. The van der Waals surface area contributed by atoms with Gasteiger partial charge in [0.2, 0.25) is 5.91 Å². The van der Waals surface area contributed by atoms with Crippen LogP contribution in [0.5, 0.6) is 11.5 Å². The summed E-state index contributed by atoms with van der Waals surface area (Å²) >= 11 is 5.47. The van der Waals surface area contributed by atoms with E-state index in [-0.39, 0.29) is 11.8 Å². The summed E-state index contributed by atoms with van der Waals surface area (Å²) in [5.41, 5.74) is 1.75. The number of fused-ring (bicyclic) bond motifs is 1. The molecule has 2 rings (SSSR count). The summed E-state index contributed by atoms with van der Waals surface area (Å²) in [4.78, 5) is 11.3. The van der Waals surface area contributed by atoms with E-state index in [0.717, 1.165) is 23.4 Å². The first-order valence-electron chi connectivity index (χ1n) is 5.53. The number of benzene rings is 1. The van der Waals surface area contributed by atoms with Gasteiger partial charge in [0, 0.05) is 11.8 Å². The van der Waals surface area contributed by atoms with E-state index >= 15 is 0 Å². The zero-order valence-electron chi connectivity index (χ0n) is 9.59. The molecule has 0 spiro atoms. The van der Waals surface area contributed by atoms with Gasteiger partial charge >= 0.3 is 0 Å². The molecule has 0 saturated heterocycles. The van der Waals surface area contributed by atoms with Crippen LogP contribution in [0.25, 0.3) is 0 Å². The fraction of sp³-hybridized carbons (Fsp3) is 0.417. The van der Waals surface area contributed by atoms with Gasteiger partial charge in [-0.3, -0.25) is 4.79 Å². The van der Waals surface area contributed by atoms with Crippen LogP contribution in [0, 0.1) is 0 Å². The zero-order valence-corrected chi connectivity index (χ0v) is 10.3. The Morgan fingerprint density at radius 1 is 1.35 bits per heavy atom. The van der Waals surface area contributed by atoms with E-state index in [2.05, 4.69) is 5.32 Å². The lowest BCUT2D eigenvalue weighted by Gasteiger charge is -2.21. The van der Waals surface area contributed by atoms with Gasteiger partial charge in [0.1, 0.15) is 19.1 Å². The van der Waals surface area contributed by atoms with E-state index in [1.165, 1.54) is 0 Å². The predicted octanol–water partition coefficient (Wildman–Crippen LogP) is 2.20. The van der Waals surface area contributed by atoms with Gasteiger partial charge < -0.3 is 14.8 Å². The number of alkyl halides is 1. The maximum atomic E-state index is 11.3. The summed E-state index contributed by atoms with van der Waals surface area (Å²) in [6.07, 6.45) is 0.800. The predicted molar refractivity (Wildman–Crippen MR) is 66.2 cm³/mol. The molecule has 1 aromatic carbocycles. The SMILES string of the molecule is CCc1cc2c(cc1NC(=O)CCl)OCCO2. The van der Waals surface area contributed by atoms with Crippen LogP contribution in [-0.2, 0) is 11.2 Å². The third-order valence-electron chi connectivity index (χ3n) is 2.54. The van der Waals surface area contributed by atoms with Crippen molar-refractivity contribution in [3.8, 4) is 11.5 Å². The van der Waals surface area contributed by atoms with Gasteiger partial charge in [0.25, 0.3) is 0 Å². The first kappa shape index (κ1) is 12.0. The normalized spacial score (nSPS) is 13.3. The number of rotatable bonds is 3. The molecule has 1 N–H and O–H groups in total. The molecule has 0 atom stereocenters. The quantitative estimate of drug-likeness (QED) is 0.843. The molecule has 0 fully saturated rings. The Bertz CT molecular complexity index is 434. The zero-order chi connectivity index (χ0) is 12.3. The molecule has 1 aromatic rings. The summed E-state index contributed by atoms with van der Waals surface area (Å²) in [5, 5.41) is 2.75. The summed E-state index contributed by atoms with van der Waals surface area (Å²) in [5.74, 6) is 1.12. The Morgan fingerprint density at radius 3 is 2.59 bits per heavy atom. The highest BCUT2D eigenvalue weighted by molar-refractivity contribution is 6.29. The van der Waals surface area contributed by atoms with Crippen molar-refractivity contribution in [2.45, 2.75) is 13.3 Å². The number of carbonyl (C=O) groups is 1. The van der Waals surface area contributed by atoms with Crippen LogP contribution < -0.4 is 14.8 Å². The first-order chi connectivity index (χ1) is 8.24. The Kier molecular flexibility index (Phi) is 3.74. The van der Waals surface area contributed by atoms with E-state index in [1.807, 2.05) is 13.0 Å². The van der Waals surface area contributed by atoms with E-state index in [9.17, 15) is 4.79 Å². The molecule has 5 heteroatoms. The van der Waals surface area contributed by atoms with E-state index in [4.69, 9.17) is 21.1 Å². The molecule has 1 amide bonds. The van der Waals surface area contributed by atoms with Crippen molar-refractivity contribution in [1.29, 1.82) is 0 Å². The molecule has 92 valence electrons. The van der Waals surface area contributed by atoms with Gasteiger partial charge in [-0.1, -0.05) is 6.92 Å². The van der Waals surface area contributed by atoms with Gasteiger partial charge in [0.15, 0.2) is 11.5 Å². The van der Waals surface area contributed by atoms with Crippen LogP contribution in [0.1, 0.15) is 12.5 Å². The van der Waals surface area contributed by atoms with Crippen molar-refractivity contribution in [3.63, 3.8) is 0 Å². The molecule has 0 saturated carbocycles. The number of ether oxygens (including phenoxy) is 2. The molecular weight excluding hydrogens is 242 g/mol. The second-order valence-electron chi connectivity index (χ2n) is 3.69. The van der Waals surface area contributed by atoms with Crippen LogP contribution in [-0.4, -0.2) is 25.0 Å². The maximum absolute atomic E-state index is 11.3. The summed E-state index contributed by atoms with van der Waals surface area (Å²) < 4.78 is 11.0. The second kappa shape index (κ2) is 5.27. The molecule has 1 heterocycles. The average Bonchev–Trinajstić information content (AvgIpc) is 2.37. The van der Waals surface area contributed by atoms with Crippen LogP contribution in [0.2, 0.25) is 0 Å². The van der Waals surface area contributed by atoms with Gasteiger partial charge in [-0.25, -0.2) is 0 Å². The Hall–Kier alpha value is -1.42. The number of halogens is 1. The lowest BCUT2D eigenvalue weighted by Crippen LogP contribution is -2.18. The van der Waals surface area contributed by atoms with Crippen molar-refractivity contribution >= 4 is 23.2 Å². The molecule has 0 aromatic heterocycles. The summed E-state index contributed by atoms with van der Waals surface area (Å²) in [6, 6.07) is 3.69. The topological polar surface area (TPSA) is 47.6 Å². The maximum Gasteiger partial charge on any atom is 0.239 e. The molecule has 0 aliphatic carbocycles. The van der Waals surface area contributed by atoms with Gasteiger partial charge in [-0.2, -0.15) is 0 Å². The molecule has 0 radical (unpaired) electrons. The molecule has 0 unspecified atom stereocenters. The highest BCUT2D eigenvalue weighted by atomic mass is 35.5. The lowest BCUT2D eigenvalue weighted by atomic mass is 10.1. The number of carbonyl (C=O) groups excluding carboxylic acids is 1. The van der Waals surface area contributed by atoms with Crippen LogP contribution in [0.4, 0.5) is 5.69 Å². The Labute approximate surface area is 105 Å². The number of hydrogen-bond donors (Lipinski definition) is 1. The van der Waals surface area contributed by atoms with E-state index in [0.29, 0.717) is 19.0 Å². The molecule has 1 aliphatic rings. The number of anilines is 1. The average molecular weight is 256 g/mol. The fourth-order valence-electron chi connectivity index (χ4n) is 1.72. The number of aryl methyl sites for hydroxylation is 1. The smallest absolute Gasteiger partial charge is 0.239 e. The largest absolute Gasteiger partial charge is 0.486 e. The molecule has 1 aliphatic heterocycles. The number of amides is 1. The van der Waals surface area contributed by atoms with Crippen molar-refractivity contribution in [2.24, 2.45) is 0 Å². The van der Waals surface area contributed by atoms with E-state index in [1.54, 1.807) is 6.07 Å². The minimum atomic E-state index is -0.224. The minimum Gasteiger partial charge on any atom is -0.486 e. The summed E-state index contributed by atoms with van der Waals surface area (Å²) in [6.45, 7) is 3.10. The second-order valence-corrected chi connectivity index (χ2v) is 3.96. The highest BCUT2D eigenvalue weighted by Gasteiger charge is 2.16. The van der Waals surface area contributed by atoms with Crippen LogP contribution in [0.15, 0.2) is 12.1 Å². The third-order valence-corrected chi connectivity index (χ3v) is 2.79. The Morgan fingerprint density at radius 2 is 2.00 bits per heavy atom. The van der Waals surface area contributed by atoms with E-state index < -0.39 is 0 Å². The minimum absolute atomic E-state index is 0.0579. The first-order valence-corrected chi connectivity index (χ1v) is 6.06. The van der Waals surface area contributed by atoms with Crippen molar-refractivity contribution in [1.82, 2.24) is 0 Å². The highest BCUT2D eigenvalue weighted by Crippen LogP contribution is 2.35. The standard InChI is InChI=1S/C12H14ClNO3/c1-2-8-5-10-11(17-4-3-16-10)6-9(8)14-12(15)7-13/h5-6H,2-4,7H2,1H3,(H,14,15). The third kappa shape index (κ3) is 2.64. The van der Waals surface area contributed by atoms with Gasteiger partial charge in [0.05, 0.1) is 0 Å². The molecule has 4 nitrogen and oxygen atoms in total. The number of nitrogens with one attached hydrogen (secondary N) is 1.